The molecular formula is C13H22O2. The highest BCUT2D eigenvalue weighted by Crippen LogP contribution is 2.30. The van der Waals surface area contributed by atoms with Crippen molar-refractivity contribution < 1.29 is 9.90 Å². The smallest absolute Gasteiger partial charge is 0.164 e. The van der Waals surface area contributed by atoms with E-state index in [0.717, 1.165) is 19.3 Å². The van der Waals surface area contributed by atoms with Crippen molar-refractivity contribution in [3.8, 4) is 0 Å². The number of aliphatic hydroxyl groups excluding tert-OH is 1. The van der Waals surface area contributed by atoms with Gasteiger partial charge in [-0.15, -0.1) is 0 Å². The molecule has 1 aliphatic carbocycles. The molecule has 0 aromatic rings. The monoisotopic (exact) mass is 210 g/mol. The highest BCUT2D eigenvalue weighted by molar-refractivity contribution is 5.85. The Morgan fingerprint density at radius 3 is 2.40 bits per heavy atom. The van der Waals surface area contributed by atoms with Crippen molar-refractivity contribution in [1.82, 2.24) is 0 Å². The van der Waals surface area contributed by atoms with Gasteiger partial charge in [0, 0.05) is 5.92 Å². The van der Waals surface area contributed by atoms with E-state index < -0.39 is 6.10 Å². The predicted octanol–water partition coefficient (Wildman–Crippen LogP) is 2.71. The molecule has 0 saturated heterocycles. The molecule has 0 aliphatic heterocycles. The number of Topliss-reactive ketones (excluding diaryl/α,β-unsaturated/α-hetero) is 1. The number of carbonyl (C=O) groups excluding carboxylic acids is 1. The zero-order chi connectivity index (χ0) is 11.6. The van der Waals surface area contributed by atoms with Gasteiger partial charge in [-0.25, -0.2) is 0 Å². The Hall–Kier alpha value is -0.630. The van der Waals surface area contributed by atoms with Crippen molar-refractivity contribution >= 4 is 5.78 Å². The normalized spacial score (nSPS) is 24.5. The van der Waals surface area contributed by atoms with Crippen LogP contribution in [0.25, 0.3) is 0 Å². The third-order valence-corrected chi connectivity index (χ3v) is 3.47. The molecule has 0 saturated carbocycles. The summed E-state index contributed by atoms with van der Waals surface area (Å²) in [4.78, 5) is 11.9. The van der Waals surface area contributed by atoms with Crippen LogP contribution in [0, 0.1) is 11.8 Å². The van der Waals surface area contributed by atoms with Gasteiger partial charge in [-0.2, -0.15) is 0 Å². The Labute approximate surface area is 92.4 Å². The van der Waals surface area contributed by atoms with Crippen LogP contribution in [0.3, 0.4) is 0 Å². The molecule has 0 radical (unpaired) electrons. The van der Waals surface area contributed by atoms with Crippen molar-refractivity contribution in [3.05, 3.63) is 11.1 Å². The zero-order valence-corrected chi connectivity index (χ0v) is 10.2. The van der Waals surface area contributed by atoms with Gasteiger partial charge in [-0.3, -0.25) is 4.79 Å². The van der Waals surface area contributed by atoms with Gasteiger partial charge < -0.3 is 5.11 Å². The first kappa shape index (κ1) is 12.4. The standard InChI is InChI=1S/C13H22O2/c1-8(2)12(14)13(15)11-6-5-9(3)10(4)7-11/h8,11-12,14H,5-7H2,1-4H3/t11-,12+/m1/s1. The summed E-state index contributed by atoms with van der Waals surface area (Å²) in [6.07, 6.45) is 1.98. The maximum Gasteiger partial charge on any atom is 0.164 e. The van der Waals surface area contributed by atoms with E-state index in [-0.39, 0.29) is 17.6 Å². The second-order valence-electron chi connectivity index (χ2n) is 5.09. The van der Waals surface area contributed by atoms with Crippen molar-refractivity contribution in [3.63, 3.8) is 0 Å². The van der Waals surface area contributed by atoms with Crippen LogP contribution in [0.4, 0.5) is 0 Å². The molecule has 0 bridgehead atoms. The van der Waals surface area contributed by atoms with Crippen molar-refractivity contribution in [2.75, 3.05) is 0 Å². The fourth-order valence-electron chi connectivity index (χ4n) is 2.06. The van der Waals surface area contributed by atoms with Gasteiger partial charge in [0.2, 0.25) is 0 Å². The lowest BCUT2D eigenvalue weighted by molar-refractivity contribution is -0.133. The maximum atomic E-state index is 11.9. The molecule has 1 aliphatic rings. The summed E-state index contributed by atoms with van der Waals surface area (Å²) in [6, 6.07) is 0. The molecule has 0 unspecified atom stereocenters. The molecule has 2 atom stereocenters. The molecule has 0 fully saturated rings. The number of allylic oxidation sites excluding steroid dienone is 2. The van der Waals surface area contributed by atoms with E-state index >= 15 is 0 Å². The summed E-state index contributed by atoms with van der Waals surface area (Å²) in [5, 5.41) is 9.73. The van der Waals surface area contributed by atoms with Gasteiger partial charge in [0.1, 0.15) is 6.10 Å². The topological polar surface area (TPSA) is 37.3 Å². The highest BCUT2D eigenvalue weighted by atomic mass is 16.3. The molecule has 1 rings (SSSR count). The van der Waals surface area contributed by atoms with E-state index in [1.807, 2.05) is 13.8 Å². The minimum atomic E-state index is -0.777. The molecule has 86 valence electrons. The molecule has 0 amide bonds. The lowest BCUT2D eigenvalue weighted by Gasteiger charge is -2.26. The van der Waals surface area contributed by atoms with Gasteiger partial charge in [-0.1, -0.05) is 25.0 Å². The van der Waals surface area contributed by atoms with Crippen LogP contribution in [0.5, 0.6) is 0 Å². The Morgan fingerprint density at radius 1 is 1.33 bits per heavy atom. The Balaban J connectivity index is 2.64. The average Bonchev–Trinajstić information content (AvgIpc) is 2.19. The van der Waals surface area contributed by atoms with Crippen LogP contribution in [0.2, 0.25) is 0 Å². The van der Waals surface area contributed by atoms with E-state index in [4.69, 9.17) is 0 Å². The van der Waals surface area contributed by atoms with Crippen molar-refractivity contribution in [2.24, 2.45) is 11.8 Å². The summed E-state index contributed by atoms with van der Waals surface area (Å²) in [7, 11) is 0. The number of rotatable bonds is 3. The second-order valence-corrected chi connectivity index (χ2v) is 5.09. The third kappa shape index (κ3) is 2.91. The maximum absolute atomic E-state index is 11.9. The zero-order valence-electron chi connectivity index (χ0n) is 10.2. The molecule has 1 N–H and O–H groups in total. The fraction of sp³-hybridized carbons (Fsp3) is 0.769. The van der Waals surface area contributed by atoms with Crippen molar-refractivity contribution in [2.45, 2.75) is 53.1 Å². The summed E-state index contributed by atoms with van der Waals surface area (Å²) in [5.41, 5.74) is 2.74. The molecule has 0 aromatic carbocycles. The number of aliphatic hydroxyl groups is 1. The van der Waals surface area contributed by atoms with Crippen LogP contribution < -0.4 is 0 Å². The third-order valence-electron chi connectivity index (χ3n) is 3.47. The highest BCUT2D eigenvalue weighted by Gasteiger charge is 2.29. The van der Waals surface area contributed by atoms with E-state index in [1.54, 1.807) is 0 Å². The van der Waals surface area contributed by atoms with Crippen LogP contribution in [0.1, 0.15) is 47.0 Å². The average molecular weight is 210 g/mol. The van der Waals surface area contributed by atoms with Gasteiger partial charge in [0.25, 0.3) is 0 Å². The quantitative estimate of drug-likeness (QED) is 0.727. The lowest BCUT2D eigenvalue weighted by Crippen LogP contribution is -2.33. The minimum absolute atomic E-state index is 0.0322. The number of ketones is 1. The molecular weight excluding hydrogens is 188 g/mol. The Kier molecular flexibility index (Phi) is 4.09. The number of hydrogen-bond donors (Lipinski definition) is 1. The van der Waals surface area contributed by atoms with Crippen LogP contribution in [-0.4, -0.2) is 17.0 Å². The summed E-state index contributed by atoms with van der Waals surface area (Å²) in [6.45, 7) is 8.00. The van der Waals surface area contributed by atoms with Gasteiger partial charge in [0.15, 0.2) is 5.78 Å². The van der Waals surface area contributed by atoms with Crippen LogP contribution >= 0.6 is 0 Å². The van der Waals surface area contributed by atoms with E-state index in [2.05, 4.69) is 13.8 Å². The largest absolute Gasteiger partial charge is 0.385 e. The Morgan fingerprint density at radius 2 is 1.93 bits per heavy atom. The summed E-state index contributed by atoms with van der Waals surface area (Å²) < 4.78 is 0. The number of carbonyl (C=O) groups is 1. The first-order chi connectivity index (χ1) is 6.93. The molecule has 2 nitrogen and oxygen atoms in total. The van der Waals surface area contributed by atoms with E-state index in [1.165, 1.54) is 11.1 Å². The second kappa shape index (κ2) is 4.93. The van der Waals surface area contributed by atoms with Gasteiger partial charge in [0.05, 0.1) is 0 Å². The Bertz CT molecular complexity index is 276. The SMILES string of the molecule is CC1=C(C)C[C@H](C(=O)[C@@H](O)C(C)C)CC1. The molecule has 0 aromatic heterocycles. The fourth-order valence-corrected chi connectivity index (χ4v) is 2.06. The predicted molar refractivity (Wildman–Crippen MR) is 61.6 cm³/mol. The first-order valence-electron chi connectivity index (χ1n) is 5.80. The van der Waals surface area contributed by atoms with Gasteiger partial charge in [-0.05, 0) is 39.0 Å². The summed E-state index contributed by atoms with van der Waals surface area (Å²) in [5.74, 6) is 0.118. The number of hydrogen-bond acceptors (Lipinski definition) is 2. The minimum Gasteiger partial charge on any atom is -0.385 e. The van der Waals surface area contributed by atoms with Gasteiger partial charge >= 0.3 is 0 Å². The molecule has 0 heterocycles. The van der Waals surface area contributed by atoms with E-state index in [0.29, 0.717) is 0 Å². The van der Waals surface area contributed by atoms with Crippen molar-refractivity contribution in [1.29, 1.82) is 0 Å². The molecule has 2 heteroatoms. The van der Waals surface area contributed by atoms with E-state index in [9.17, 15) is 9.90 Å². The first-order valence-corrected chi connectivity index (χ1v) is 5.80. The summed E-state index contributed by atoms with van der Waals surface area (Å²) >= 11 is 0. The van der Waals surface area contributed by atoms with Crippen LogP contribution in [-0.2, 0) is 4.79 Å². The van der Waals surface area contributed by atoms with Crippen LogP contribution in [0.15, 0.2) is 11.1 Å². The molecule has 0 spiro atoms. The molecule has 15 heavy (non-hydrogen) atoms. The lowest BCUT2D eigenvalue weighted by atomic mass is 9.80.